The van der Waals surface area contributed by atoms with Gasteiger partial charge in [0.1, 0.15) is 24.1 Å². The number of unbranched alkanes of at least 4 members (excludes halogenated alkanes) is 4. The van der Waals surface area contributed by atoms with E-state index < -0.39 is 0 Å². The Labute approximate surface area is 231 Å². The van der Waals surface area contributed by atoms with E-state index in [4.69, 9.17) is 0 Å². The standard InChI is InChI=1S/C32H40N6O/c39-20-8-3-1-2-7-17-33-28-15-18-38(19-16-28)23-26-11-13-27(14-12-26)30-21-29-31(35-24-36-32(29)37-30)34-22-25-9-5-4-6-10-25/h4-6,9-14,20-21,24,28,33H,1-3,7-8,15-19,22-23H2,(H2,34,35,36,37). The molecule has 0 bridgehead atoms. The van der Waals surface area contributed by atoms with Crippen LogP contribution < -0.4 is 10.6 Å². The predicted octanol–water partition coefficient (Wildman–Crippen LogP) is 5.94. The summed E-state index contributed by atoms with van der Waals surface area (Å²) in [6.07, 6.45) is 10.4. The van der Waals surface area contributed by atoms with Crippen molar-refractivity contribution in [1.29, 1.82) is 0 Å². The first kappa shape index (κ1) is 27.0. The van der Waals surface area contributed by atoms with Gasteiger partial charge in [0, 0.05) is 31.2 Å². The number of H-pyrrole nitrogens is 1. The zero-order chi connectivity index (χ0) is 26.7. The maximum absolute atomic E-state index is 10.4. The van der Waals surface area contributed by atoms with Crippen LogP contribution in [0.15, 0.2) is 67.0 Å². The van der Waals surface area contributed by atoms with Crippen LogP contribution in [0.3, 0.4) is 0 Å². The van der Waals surface area contributed by atoms with Crippen LogP contribution in [0, 0.1) is 0 Å². The Morgan fingerprint density at radius 1 is 0.923 bits per heavy atom. The lowest BCUT2D eigenvalue weighted by atomic mass is 10.0. The summed E-state index contributed by atoms with van der Waals surface area (Å²) in [5.41, 5.74) is 5.61. The second-order valence-corrected chi connectivity index (χ2v) is 10.6. The predicted molar refractivity (Wildman–Crippen MR) is 159 cm³/mol. The molecule has 3 heterocycles. The number of aldehydes is 1. The van der Waals surface area contributed by atoms with E-state index in [1.54, 1.807) is 6.33 Å². The van der Waals surface area contributed by atoms with Gasteiger partial charge in [0.2, 0.25) is 0 Å². The number of anilines is 1. The fraction of sp³-hybridized carbons (Fsp3) is 0.406. The normalized spacial score (nSPS) is 14.6. The molecule has 0 unspecified atom stereocenters. The molecule has 4 aromatic rings. The van der Waals surface area contributed by atoms with E-state index in [0.29, 0.717) is 12.5 Å². The van der Waals surface area contributed by atoms with Gasteiger partial charge < -0.3 is 20.4 Å². The molecule has 0 amide bonds. The lowest BCUT2D eigenvalue weighted by Gasteiger charge is -2.32. The number of piperidine rings is 1. The topological polar surface area (TPSA) is 85.9 Å². The molecule has 5 rings (SSSR count). The molecule has 0 saturated carbocycles. The second kappa shape index (κ2) is 14.0. The smallest absolute Gasteiger partial charge is 0.143 e. The quantitative estimate of drug-likeness (QED) is 0.140. The van der Waals surface area contributed by atoms with Gasteiger partial charge in [0.15, 0.2) is 0 Å². The van der Waals surface area contributed by atoms with Gasteiger partial charge in [0.05, 0.1) is 5.39 Å². The average molecular weight is 525 g/mol. The molecule has 0 atom stereocenters. The molecule has 1 fully saturated rings. The Morgan fingerprint density at radius 3 is 2.51 bits per heavy atom. The molecule has 39 heavy (non-hydrogen) atoms. The summed E-state index contributed by atoms with van der Waals surface area (Å²) in [5, 5.41) is 8.20. The summed E-state index contributed by atoms with van der Waals surface area (Å²) in [5.74, 6) is 0.843. The maximum Gasteiger partial charge on any atom is 0.143 e. The van der Waals surface area contributed by atoms with Gasteiger partial charge in [-0.3, -0.25) is 4.90 Å². The number of nitrogens with one attached hydrogen (secondary N) is 3. The number of rotatable bonds is 14. The van der Waals surface area contributed by atoms with Crippen LogP contribution in [0.5, 0.6) is 0 Å². The zero-order valence-corrected chi connectivity index (χ0v) is 22.7. The summed E-state index contributed by atoms with van der Waals surface area (Å²) < 4.78 is 0. The molecule has 2 aromatic carbocycles. The number of carbonyl (C=O) groups is 1. The van der Waals surface area contributed by atoms with Crippen LogP contribution in [0.4, 0.5) is 5.82 Å². The van der Waals surface area contributed by atoms with E-state index >= 15 is 0 Å². The minimum absolute atomic E-state index is 0.635. The Balaban J connectivity index is 1.09. The van der Waals surface area contributed by atoms with Crippen LogP contribution in [0.25, 0.3) is 22.3 Å². The number of hydrogen-bond acceptors (Lipinski definition) is 6. The Hall–Kier alpha value is -3.55. The van der Waals surface area contributed by atoms with Crippen molar-refractivity contribution in [1.82, 2.24) is 25.2 Å². The molecule has 1 aliphatic rings. The van der Waals surface area contributed by atoms with Crippen molar-refractivity contribution in [2.45, 2.75) is 64.1 Å². The minimum atomic E-state index is 0.635. The average Bonchev–Trinajstić information content (AvgIpc) is 3.43. The number of carbonyl (C=O) groups excluding carboxylic acids is 1. The monoisotopic (exact) mass is 524 g/mol. The number of nitrogens with zero attached hydrogens (tertiary/aromatic N) is 3. The van der Waals surface area contributed by atoms with E-state index in [9.17, 15) is 4.79 Å². The fourth-order valence-corrected chi connectivity index (χ4v) is 5.37. The molecule has 7 heteroatoms. The Morgan fingerprint density at radius 2 is 1.72 bits per heavy atom. The molecular weight excluding hydrogens is 484 g/mol. The van der Waals surface area contributed by atoms with Crippen LogP contribution in [0.1, 0.15) is 56.1 Å². The lowest BCUT2D eigenvalue weighted by Crippen LogP contribution is -2.42. The van der Waals surface area contributed by atoms with Crippen molar-refractivity contribution >= 4 is 23.1 Å². The van der Waals surface area contributed by atoms with Gasteiger partial charge in [-0.1, -0.05) is 67.4 Å². The third-order valence-corrected chi connectivity index (χ3v) is 7.67. The van der Waals surface area contributed by atoms with Crippen molar-refractivity contribution in [3.8, 4) is 11.3 Å². The lowest BCUT2D eigenvalue weighted by molar-refractivity contribution is -0.107. The summed E-state index contributed by atoms with van der Waals surface area (Å²) in [6, 6.07) is 22.0. The van der Waals surface area contributed by atoms with Crippen molar-refractivity contribution < 1.29 is 4.79 Å². The molecule has 1 saturated heterocycles. The van der Waals surface area contributed by atoms with Gasteiger partial charge >= 0.3 is 0 Å². The maximum atomic E-state index is 10.4. The van der Waals surface area contributed by atoms with Crippen molar-refractivity contribution in [3.63, 3.8) is 0 Å². The summed E-state index contributed by atoms with van der Waals surface area (Å²) in [7, 11) is 0. The number of aromatic amines is 1. The van der Waals surface area contributed by atoms with E-state index in [1.165, 1.54) is 43.2 Å². The van der Waals surface area contributed by atoms with Crippen LogP contribution in [-0.4, -0.2) is 51.8 Å². The minimum Gasteiger partial charge on any atom is -0.365 e. The SMILES string of the molecule is O=CCCCCCCNC1CCN(Cc2ccc(-c3cc4c(NCc5ccccc5)ncnc4[nH]3)cc2)CC1. The highest BCUT2D eigenvalue weighted by atomic mass is 16.1. The third-order valence-electron chi connectivity index (χ3n) is 7.67. The van der Waals surface area contributed by atoms with Crippen molar-refractivity contribution in [3.05, 3.63) is 78.1 Å². The highest BCUT2D eigenvalue weighted by Crippen LogP contribution is 2.27. The van der Waals surface area contributed by atoms with Crippen LogP contribution in [0.2, 0.25) is 0 Å². The van der Waals surface area contributed by atoms with Crippen LogP contribution >= 0.6 is 0 Å². The molecule has 204 valence electrons. The molecule has 0 radical (unpaired) electrons. The first-order valence-electron chi connectivity index (χ1n) is 14.4. The first-order chi connectivity index (χ1) is 19.3. The number of likely N-dealkylation sites (tertiary alicyclic amines) is 1. The van der Waals surface area contributed by atoms with Gasteiger partial charge in [-0.05, 0) is 68.1 Å². The fourth-order valence-electron chi connectivity index (χ4n) is 5.37. The van der Waals surface area contributed by atoms with E-state index in [0.717, 1.165) is 73.5 Å². The van der Waals surface area contributed by atoms with Crippen molar-refractivity contribution in [2.24, 2.45) is 0 Å². The highest BCUT2D eigenvalue weighted by molar-refractivity contribution is 5.91. The van der Waals surface area contributed by atoms with E-state index in [-0.39, 0.29) is 0 Å². The third kappa shape index (κ3) is 7.74. The molecular formula is C32H40N6O. The molecule has 2 aromatic heterocycles. The van der Waals surface area contributed by atoms with Gasteiger partial charge in [-0.15, -0.1) is 0 Å². The molecule has 0 aliphatic carbocycles. The number of fused-ring (bicyclic) bond motifs is 1. The zero-order valence-electron chi connectivity index (χ0n) is 22.7. The second-order valence-electron chi connectivity index (χ2n) is 10.6. The van der Waals surface area contributed by atoms with E-state index in [2.05, 4.69) is 72.9 Å². The summed E-state index contributed by atoms with van der Waals surface area (Å²) >= 11 is 0. The Bertz CT molecular complexity index is 1300. The molecule has 7 nitrogen and oxygen atoms in total. The Kier molecular flexibility index (Phi) is 9.71. The van der Waals surface area contributed by atoms with Gasteiger partial charge in [0.25, 0.3) is 0 Å². The highest BCUT2D eigenvalue weighted by Gasteiger charge is 2.18. The van der Waals surface area contributed by atoms with E-state index in [1.807, 2.05) is 18.2 Å². The largest absolute Gasteiger partial charge is 0.365 e. The number of benzene rings is 2. The van der Waals surface area contributed by atoms with Gasteiger partial charge in [-0.2, -0.15) is 0 Å². The van der Waals surface area contributed by atoms with Crippen molar-refractivity contribution in [2.75, 3.05) is 25.0 Å². The summed E-state index contributed by atoms with van der Waals surface area (Å²) in [4.78, 5) is 25.4. The van der Waals surface area contributed by atoms with Crippen LogP contribution in [-0.2, 0) is 17.9 Å². The van der Waals surface area contributed by atoms with Gasteiger partial charge in [-0.25, -0.2) is 9.97 Å². The number of hydrogen-bond donors (Lipinski definition) is 3. The molecule has 3 N–H and O–H groups in total. The number of aromatic nitrogens is 3. The molecule has 1 aliphatic heterocycles. The first-order valence-corrected chi connectivity index (χ1v) is 14.4. The molecule has 0 spiro atoms. The summed E-state index contributed by atoms with van der Waals surface area (Å²) in [6.45, 7) is 5.09.